The van der Waals surface area contributed by atoms with Crippen LogP contribution >= 0.6 is 0 Å². The van der Waals surface area contributed by atoms with E-state index in [1.807, 2.05) is 20.8 Å². The predicted molar refractivity (Wildman–Crippen MR) is 83.6 cm³/mol. The van der Waals surface area contributed by atoms with Crippen LogP contribution in [0.4, 0.5) is 0 Å². The molecular formula is C15H32N4O. The standard InChI is InChI=1S/C15H32N4O/c1-15(2,3)17-14(20)9-13(10-16)19-8-6-7-12(19)11-18(4)5/h12-13H,6-11,16H2,1-5H3,(H,17,20). The normalized spacial score (nSPS) is 22.2. The second-order valence-electron chi connectivity index (χ2n) is 7.19. The van der Waals surface area contributed by atoms with Crippen LogP contribution in [0.5, 0.6) is 0 Å². The van der Waals surface area contributed by atoms with Crippen LogP contribution in [-0.2, 0) is 4.79 Å². The third-order valence-electron chi connectivity index (χ3n) is 3.68. The Morgan fingerprint density at radius 1 is 1.45 bits per heavy atom. The number of nitrogens with zero attached hydrogens (tertiary/aromatic N) is 2. The molecule has 1 fully saturated rings. The van der Waals surface area contributed by atoms with Gasteiger partial charge in [-0.3, -0.25) is 9.69 Å². The molecule has 0 saturated carbocycles. The van der Waals surface area contributed by atoms with Crippen molar-refractivity contribution < 1.29 is 4.79 Å². The zero-order valence-corrected chi connectivity index (χ0v) is 13.8. The van der Waals surface area contributed by atoms with Crippen LogP contribution in [0.3, 0.4) is 0 Å². The summed E-state index contributed by atoms with van der Waals surface area (Å²) in [5, 5.41) is 3.03. The van der Waals surface area contributed by atoms with Gasteiger partial charge in [-0.05, 0) is 54.3 Å². The zero-order chi connectivity index (χ0) is 15.3. The van der Waals surface area contributed by atoms with Crippen molar-refractivity contribution in [2.24, 2.45) is 5.73 Å². The van der Waals surface area contributed by atoms with Crippen LogP contribution in [-0.4, -0.2) is 67.1 Å². The molecule has 1 aliphatic heterocycles. The third kappa shape index (κ3) is 5.77. The monoisotopic (exact) mass is 284 g/mol. The van der Waals surface area contributed by atoms with Crippen molar-refractivity contribution in [1.29, 1.82) is 0 Å². The molecule has 5 nitrogen and oxygen atoms in total. The van der Waals surface area contributed by atoms with Gasteiger partial charge in [0.05, 0.1) is 0 Å². The predicted octanol–water partition coefficient (Wildman–Crippen LogP) is 0.645. The number of amides is 1. The Kier molecular flexibility index (Phi) is 6.43. The molecule has 0 aromatic rings. The first-order valence-electron chi connectivity index (χ1n) is 7.64. The van der Waals surface area contributed by atoms with Gasteiger partial charge in [0.2, 0.25) is 5.91 Å². The van der Waals surface area contributed by atoms with Crippen molar-refractivity contribution in [3.8, 4) is 0 Å². The first-order chi connectivity index (χ1) is 9.23. The van der Waals surface area contributed by atoms with Crippen molar-refractivity contribution in [3.05, 3.63) is 0 Å². The van der Waals surface area contributed by atoms with E-state index in [2.05, 4.69) is 29.2 Å². The van der Waals surface area contributed by atoms with E-state index in [0.717, 1.165) is 13.1 Å². The van der Waals surface area contributed by atoms with Crippen molar-refractivity contribution in [1.82, 2.24) is 15.1 Å². The number of hydrogen-bond donors (Lipinski definition) is 2. The van der Waals surface area contributed by atoms with Crippen molar-refractivity contribution >= 4 is 5.91 Å². The Hall–Kier alpha value is -0.650. The lowest BCUT2D eigenvalue weighted by Crippen LogP contribution is -2.50. The third-order valence-corrected chi connectivity index (χ3v) is 3.68. The summed E-state index contributed by atoms with van der Waals surface area (Å²) < 4.78 is 0. The maximum atomic E-state index is 12.1. The molecule has 118 valence electrons. The summed E-state index contributed by atoms with van der Waals surface area (Å²) in [5.41, 5.74) is 5.75. The molecule has 20 heavy (non-hydrogen) atoms. The van der Waals surface area contributed by atoms with Gasteiger partial charge in [0.25, 0.3) is 0 Å². The van der Waals surface area contributed by atoms with Gasteiger partial charge in [-0.2, -0.15) is 0 Å². The van der Waals surface area contributed by atoms with Crippen LogP contribution in [0.25, 0.3) is 0 Å². The molecule has 3 N–H and O–H groups in total. The van der Waals surface area contributed by atoms with E-state index in [4.69, 9.17) is 5.73 Å². The highest BCUT2D eigenvalue weighted by Gasteiger charge is 2.31. The first-order valence-corrected chi connectivity index (χ1v) is 7.64. The summed E-state index contributed by atoms with van der Waals surface area (Å²) in [6.07, 6.45) is 2.91. The molecule has 0 aromatic heterocycles. The van der Waals surface area contributed by atoms with Gasteiger partial charge in [0.15, 0.2) is 0 Å². The number of nitrogens with one attached hydrogen (secondary N) is 1. The molecule has 0 aromatic carbocycles. The second kappa shape index (κ2) is 7.38. The average molecular weight is 284 g/mol. The number of likely N-dealkylation sites (tertiary alicyclic amines) is 1. The second-order valence-corrected chi connectivity index (χ2v) is 7.19. The summed E-state index contributed by atoms with van der Waals surface area (Å²) in [6, 6.07) is 0.686. The number of nitrogens with two attached hydrogens (primary N) is 1. The highest BCUT2D eigenvalue weighted by atomic mass is 16.1. The van der Waals surface area contributed by atoms with Gasteiger partial charge in [0, 0.05) is 37.1 Å². The summed E-state index contributed by atoms with van der Waals surface area (Å²) in [4.78, 5) is 16.8. The number of carbonyl (C=O) groups is 1. The minimum Gasteiger partial charge on any atom is -0.351 e. The molecule has 0 aliphatic carbocycles. The molecular weight excluding hydrogens is 252 g/mol. The fraction of sp³-hybridized carbons (Fsp3) is 0.933. The minimum absolute atomic E-state index is 0.100. The molecule has 2 unspecified atom stereocenters. The molecule has 1 saturated heterocycles. The van der Waals surface area contributed by atoms with Crippen LogP contribution < -0.4 is 11.1 Å². The summed E-state index contributed by atoms with van der Waals surface area (Å²) in [7, 11) is 4.19. The SMILES string of the molecule is CN(C)CC1CCCN1C(CN)CC(=O)NC(C)(C)C. The van der Waals surface area contributed by atoms with Gasteiger partial charge >= 0.3 is 0 Å². The van der Waals surface area contributed by atoms with Gasteiger partial charge in [-0.15, -0.1) is 0 Å². The largest absolute Gasteiger partial charge is 0.351 e. The lowest BCUT2D eigenvalue weighted by Gasteiger charge is -2.34. The van der Waals surface area contributed by atoms with E-state index in [1.165, 1.54) is 12.8 Å². The van der Waals surface area contributed by atoms with Gasteiger partial charge in [-0.1, -0.05) is 0 Å². The first kappa shape index (κ1) is 17.4. The number of rotatable bonds is 6. The molecule has 0 bridgehead atoms. The van der Waals surface area contributed by atoms with Crippen LogP contribution in [0, 0.1) is 0 Å². The molecule has 0 radical (unpaired) electrons. The maximum Gasteiger partial charge on any atom is 0.222 e. The number of likely N-dealkylation sites (N-methyl/N-ethyl adjacent to an activating group) is 1. The molecule has 2 atom stereocenters. The van der Waals surface area contributed by atoms with Crippen molar-refractivity contribution in [2.45, 2.75) is 57.7 Å². The summed E-state index contributed by atoms with van der Waals surface area (Å²) >= 11 is 0. The molecule has 1 rings (SSSR count). The van der Waals surface area contributed by atoms with E-state index < -0.39 is 0 Å². The van der Waals surface area contributed by atoms with Crippen LogP contribution in [0.1, 0.15) is 40.0 Å². The van der Waals surface area contributed by atoms with Gasteiger partial charge < -0.3 is 16.0 Å². The quantitative estimate of drug-likeness (QED) is 0.751. The Labute approximate surface area is 123 Å². The lowest BCUT2D eigenvalue weighted by molar-refractivity contribution is -0.123. The fourth-order valence-corrected chi connectivity index (χ4v) is 2.98. The average Bonchev–Trinajstić information content (AvgIpc) is 2.70. The Bertz CT molecular complexity index is 311. The number of carbonyl (C=O) groups excluding carboxylic acids is 1. The van der Waals surface area contributed by atoms with E-state index >= 15 is 0 Å². The molecule has 1 amide bonds. The number of hydrogen-bond acceptors (Lipinski definition) is 4. The molecule has 0 spiro atoms. The Morgan fingerprint density at radius 3 is 2.60 bits per heavy atom. The molecule has 1 aliphatic rings. The Balaban J connectivity index is 2.58. The van der Waals surface area contributed by atoms with Gasteiger partial charge in [0.1, 0.15) is 0 Å². The maximum absolute atomic E-state index is 12.1. The van der Waals surface area contributed by atoms with E-state index in [9.17, 15) is 4.79 Å². The zero-order valence-electron chi connectivity index (χ0n) is 13.8. The lowest BCUT2D eigenvalue weighted by atomic mass is 10.1. The molecule has 1 heterocycles. The van der Waals surface area contributed by atoms with Gasteiger partial charge in [-0.25, -0.2) is 0 Å². The van der Waals surface area contributed by atoms with Crippen LogP contribution in [0.2, 0.25) is 0 Å². The topological polar surface area (TPSA) is 61.6 Å². The smallest absolute Gasteiger partial charge is 0.222 e. The minimum atomic E-state index is -0.176. The van der Waals surface area contributed by atoms with Crippen molar-refractivity contribution in [2.75, 3.05) is 33.7 Å². The fourth-order valence-electron chi connectivity index (χ4n) is 2.98. The van der Waals surface area contributed by atoms with Crippen molar-refractivity contribution in [3.63, 3.8) is 0 Å². The van der Waals surface area contributed by atoms with Crippen LogP contribution in [0.15, 0.2) is 0 Å². The summed E-state index contributed by atoms with van der Waals surface area (Å²) in [5.74, 6) is 0.100. The van der Waals surface area contributed by atoms with E-state index in [1.54, 1.807) is 0 Å². The summed E-state index contributed by atoms with van der Waals surface area (Å²) in [6.45, 7) is 8.66. The van der Waals surface area contributed by atoms with E-state index in [0.29, 0.717) is 19.0 Å². The highest BCUT2D eigenvalue weighted by Crippen LogP contribution is 2.22. The highest BCUT2D eigenvalue weighted by molar-refractivity contribution is 5.77. The van der Waals surface area contributed by atoms with E-state index in [-0.39, 0.29) is 17.5 Å². The molecule has 5 heteroatoms. The Morgan fingerprint density at radius 2 is 2.10 bits per heavy atom.